The Kier molecular flexibility index (Phi) is 4.23. The Morgan fingerprint density at radius 2 is 2.16 bits per heavy atom. The number of halogens is 1. The predicted molar refractivity (Wildman–Crippen MR) is 69.7 cm³/mol. The van der Waals surface area contributed by atoms with Gasteiger partial charge in [-0.25, -0.2) is 17.5 Å². The lowest BCUT2D eigenvalue weighted by Gasteiger charge is -2.18. The summed E-state index contributed by atoms with van der Waals surface area (Å²) in [6.45, 7) is 1.38. The van der Waals surface area contributed by atoms with Crippen LogP contribution in [0.4, 0.5) is 4.39 Å². The molecule has 0 saturated heterocycles. The van der Waals surface area contributed by atoms with Gasteiger partial charge in [0.25, 0.3) is 0 Å². The molecule has 6 heteroatoms. The van der Waals surface area contributed by atoms with Crippen molar-refractivity contribution in [2.24, 2.45) is 5.92 Å². The van der Waals surface area contributed by atoms with Crippen molar-refractivity contribution in [1.82, 2.24) is 4.72 Å². The molecular weight excluding hydrogens is 269 g/mol. The van der Waals surface area contributed by atoms with E-state index in [0.717, 1.165) is 12.8 Å². The van der Waals surface area contributed by atoms with Crippen LogP contribution < -0.4 is 4.72 Å². The average molecular weight is 287 g/mol. The number of aliphatic hydroxyl groups excluding tert-OH is 1. The molecule has 0 bridgehead atoms. The highest BCUT2D eigenvalue weighted by Crippen LogP contribution is 2.34. The van der Waals surface area contributed by atoms with Crippen molar-refractivity contribution in [3.05, 3.63) is 29.6 Å². The van der Waals surface area contributed by atoms with Gasteiger partial charge in [-0.3, -0.25) is 0 Å². The first-order chi connectivity index (χ1) is 8.95. The Morgan fingerprint density at radius 1 is 1.47 bits per heavy atom. The molecule has 0 aromatic heterocycles. The normalized spacial score (nSPS) is 17.4. The van der Waals surface area contributed by atoms with Crippen LogP contribution in [0, 0.1) is 18.7 Å². The second kappa shape index (κ2) is 5.56. The van der Waals surface area contributed by atoms with Crippen molar-refractivity contribution in [3.63, 3.8) is 0 Å². The minimum absolute atomic E-state index is 0.0314. The third-order valence-electron chi connectivity index (χ3n) is 3.45. The van der Waals surface area contributed by atoms with Crippen LogP contribution in [0.2, 0.25) is 0 Å². The Morgan fingerprint density at radius 3 is 2.74 bits per heavy atom. The van der Waals surface area contributed by atoms with Crippen molar-refractivity contribution >= 4 is 10.0 Å². The highest BCUT2D eigenvalue weighted by Gasteiger charge is 2.34. The number of aliphatic hydroxyl groups is 1. The van der Waals surface area contributed by atoms with Crippen LogP contribution in [-0.2, 0) is 10.0 Å². The average Bonchev–Trinajstić information content (AvgIpc) is 3.15. The standard InChI is InChI=1S/C13H18FNO3S/c1-9-11(14)3-2-4-13(9)19(17,18)15-12(7-8-16)10-5-6-10/h2-4,10,12,15-16H,5-8H2,1H3. The lowest BCUT2D eigenvalue weighted by Crippen LogP contribution is -2.37. The first-order valence-electron chi connectivity index (χ1n) is 6.34. The third kappa shape index (κ3) is 3.32. The quantitative estimate of drug-likeness (QED) is 0.834. The maximum atomic E-state index is 13.4. The van der Waals surface area contributed by atoms with Crippen molar-refractivity contribution in [3.8, 4) is 0 Å². The number of benzene rings is 1. The first kappa shape index (κ1) is 14.4. The smallest absolute Gasteiger partial charge is 0.241 e. The Balaban J connectivity index is 2.24. The molecule has 2 rings (SSSR count). The molecule has 1 fully saturated rings. The maximum absolute atomic E-state index is 13.4. The highest BCUT2D eigenvalue weighted by molar-refractivity contribution is 7.89. The van der Waals surface area contributed by atoms with E-state index in [1.165, 1.54) is 25.1 Å². The predicted octanol–water partition coefficient (Wildman–Crippen LogP) is 1.57. The minimum Gasteiger partial charge on any atom is -0.396 e. The molecule has 0 radical (unpaired) electrons. The summed E-state index contributed by atoms with van der Waals surface area (Å²) in [4.78, 5) is -0.0314. The van der Waals surface area contributed by atoms with E-state index >= 15 is 0 Å². The monoisotopic (exact) mass is 287 g/mol. The van der Waals surface area contributed by atoms with E-state index in [-0.39, 0.29) is 29.0 Å². The SMILES string of the molecule is Cc1c(F)cccc1S(=O)(=O)NC(CCO)C1CC1. The molecule has 0 amide bonds. The van der Waals surface area contributed by atoms with Crippen LogP contribution in [0.25, 0.3) is 0 Å². The lowest BCUT2D eigenvalue weighted by molar-refractivity contribution is 0.265. The molecular formula is C13H18FNO3S. The van der Waals surface area contributed by atoms with Crippen molar-refractivity contribution in [2.75, 3.05) is 6.61 Å². The van der Waals surface area contributed by atoms with Gasteiger partial charge in [-0.2, -0.15) is 0 Å². The number of hydrogen-bond donors (Lipinski definition) is 2. The zero-order chi connectivity index (χ0) is 14.0. The topological polar surface area (TPSA) is 66.4 Å². The molecule has 0 spiro atoms. The summed E-state index contributed by atoms with van der Waals surface area (Å²) in [5, 5.41) is 8.98. The van der Waals surface area contributed by atoms with Crippen molar-refractivity contribution in [2.45, 2.75) is 37.1 Å². The van der Waals surface area contributed by atoms with E-state index < -0.39 is 15.8 Å². The largest absolute Gasteiger partial charge is 0.396 e. The number of nitrogens with one attached hydrogen (secondary N) is 1. The number of rotatable bonds is 6. The van der Waals surface area contributed by atoms with Crippen LogP contribution in [0.3, 0.4) is 0 Å². The molecule has 1 saturated carbocycles. The molecule has 0 heterocycles. The van der Waals surface area contributed by atoms with Gasteiger partial charge in [0, 0.05) is 18.2 Å². The number of hydrogen-bond acceptors (Lipinski definition) is 3. The maximum Gasteiger partial charge on any atom is 0.241 e. The van der Waals surface area contributed by atoms with E-state index in [1.807, 2.05) is 0 Å². The van der Waals surface area contributed by atoms with Crippen molar-refractivity contribution in [1.29, 1.82) is 0 Å². The molecule has 2 N–H and O–H groups in total. The third-order valence-corrected chi connectivity index (χ3v) is 5.08. The van der Waals surface area contributed by atoms with Crippen LogP contribution in [0.1, 0.15) is 24.8 Å². The zero-order valence-corrected chi connectivity index (χ0v) is 11.6. The van der Waals surface area contributed by atoms with E-state index in [1.54, 1.807) is 0 Å². The fourth-order valence-corrected chi connectivity index (χ4v) is 3.76. The minimum atomic E-state index is -3.74. The van der Waals surface area contributed by atoms with E-state index in [0.29, 0.717) is 6.42 Å². The van der Waals surface area contributed by atoms with Gasteiger partial charge in [-0.05, 0) is 44.2 Å². The Hall–Kier alpha value is -0.980. The van der Waals surface area contributed by atoms with Gasteiger partial charge >= 0.3 is 0 Å². The fourth-order valence-electron chi connectivity index (χ4n) is 2.17. The van der Waals surface area contributed by atoms with Crippen molar-refractivity contribution < 1.29 is 17.9 Å². The summed E-state index contributed by atoms with van der Waals surface area (Å²) in [7, 11) is -3.74. The molecule has 4 nitrogen and oxygen atoms in total. The summed E-state index contributed by atoms with van der Waals surface area (Å²) in [5.74, 6) is -0.246. The zero-order valence-electron chi connectivity index (χ0n) is 10.8. The van der Waals surface area contributed by atoms with Gasteiger partial charge < -0.3 is 5.11 Å². The molecule has 1 unspecified atom stereocenters. The fraction of sp³-hybridized carbons (Fsp3) is 0.538. The van der Waals surface area contributed by atoms with Crippen LogP contribution in [0.15, 0.2) is 23.1 Å². The molecule has 106 valence electrons. The Labute approximate surface area is 112 Å². The highest BCUT2D eigenvalue weighted by atomic mass is 32.2. The molecule has 19 heavy (non-hydrogen) atoms. The van der Waals surface area contributed by atoms with Gasteiger partial charge in [-0.1, -0.05) is 6.07 Å². The summed E-state index contributed by atoms with van der Waals surface area (Å²) in [5.41, 5.74) is 0.119. The van der Waals surface area contributed by atoms with Gasteiger partial charge in [0.15, 0.2) is 0 Å². The molecule has 1 aliphatic carbocycles. The second-order valence-electron chi connectivity index (χ2n) is 4.94. The van der Waals surface area contributed by atoms with E-state index in [9.17, 15) is 12.8 Å². The molecule has 1 aromatic carbocycles. The van der Waals surface area contributed by atoms with Gasteiger partial charge in [0.2, 0.25) is 10.0 Å². The summed E-state index contributed by atoms with van der Waals surface area (Å²) in [6.07, 6.45) is 2.32. The summed E-state index contributed by atoms with van der Waals surface area (Å²) >= 11 is 0. The van der Waals surface area contributed by atoms with E-state index in [2.05, 4.69) is 4.72 Å². The summed E-state index contributed by atoms with van der Waals surface area (Å²) < 4.78 is 40.5. The van der Waals surface area contributed by atoms with E-state index in [4.69, 9.17) is 5.11 Å². The van der Waals surface area contributed by atoms with Gasteiger partial charge in [-0.15, -0.1) is 0 Å². The number of sulfonamides is 1. The van der Waals surface area contributed by atoms with Crippen LogP contribution >= 0.6 is 0 Å². The van der Waals surface area contributed by atoms with Crippen LogP contribution in [0.5, 0.6) is 0 Å². The molecule has 1 aliphatic rings. The van der Waals surface area contributed by atoms with Gasteiger partial charge in [0.1, 0.15) is 5.82 Å². The molecule has 1 aromatic rings. The lowest BCUT2D eigenvalue weighted by atomic mass is 10.1. The summed E-state index contributed by atoms with van der Waals surface area (Å²) in [6, 6.07) is 3.75. The second-order valence-corrected chi connectivity index (χ2v) is 6.62. The first-order valence-corrected chi connectivity index (χ1v) is 7.82. The molecule has 1 atom stereocenters. The molecule has 0 aliphatic heterocycles. The van der Waals surface area contributed by atoms with Gasteiger partial charge in [0.05, 0.1) is 4.90 Å². The van der Waals surface area contributed by atoms with Crippen LogP contribution in [-0.4, -0.2) is 26.2 Å². The Bertz CT molecular complexity index is 555.